The number of carbonyl (C=O) groups excluding carboxylic acids is 1. The van der Waals surface area contributed by atoms with E-state index in [0.29, 0.717) is 16.5 Å². The highest BCUT2D eigenvalue weighted by atomic mass is 35.5. The van der Waals surface area contributed by atoms with Crippen molar-refractivity contribution in [2.45, 2.75) is 12.8 Å². The minimum atomic E-state index is -0.475. The highest BCUT2D eigenvalue weighted by Crippen LogP contribution is 2.26. The van der Waals surface area contributed by atoms with E-state index in [9.17, 15) is 4.79 Å². The van der Waals surface area contributed by atoms with E-state index in [2.05, 4.69) is 15.6 Å². The van der Waals surface area contributed by atoms with Gasteiger partial charge >= 0.3 is 0 Å². The Morgan fingerprint density at radius 1 is 1.12 bits per heavy atom. The number of nitrogens with zero attached hydrogens (tertiary/aromatic N) is 1. The summed E-state index contributed by atoms with van der Waals surface area (Å²) in [5, 5.41) is 7.48. The van der Waals surface area contributed by atoms with Gasteiger partial charge in [-0.2, -0.15) is 0 Å². The zero-order chi connectivity index (χ0) is 18.4. The van der Waals surface area contributed by atoms with E-state index in [-0.39, 0.29) is 0 Å². The minimum absolute atomic E-state index is 0.460. The van der Waals surface area contributed by atoms with E-state index >= 15 is 0 Å². The smallest absolute Gasteiger partial charge is 0.251 e. The summed E-state index contributed by atoms with van der Waals surface area (Å²) >= 11 is 5.99. The molecule has 4 N–H and O–H groups in total. The van der Waals surface area contributed by atoms with Crippen molar-refractivity contribution in [1.29, 1.82) is 0 Å². The van der Waals surface area contributed by atoms with E-state index in [1.54, 1.807) is 24.5 Å². The number of halogens is 1. The average molecular weight is 371 g/mol. The van der Waals surface area contributed by atoms with Crippen LogP contribution in [0.3, 0.4) is 0 Å². The number of hydrogen-bond donors (Lipinski definition) is 3. The van der Waals surface area contributed by atoms with Gasteiger partial charge in [-0.1, -0.05) is 23.7 Å². The van der Waals surface area contributed by atoms with Crippen molar-refractivity contribution in [3.8, 4) is 0 Å². The number of primary amides is 1. The SMILES string of the molecule is NC(=O)C(=C(NCC1CCNCC1)c1ccncc1)c1ccc(Cl)cc1. The van der Waals surface area contributed by atoms with Crippen molar-refractivity contribution < 1.29 is 4.79 Å². The third-order valence-electron chi connectivity index (χ3n) is 4.62. The number of amides is 1. The second-order valence-corrected chi connectivity index (χ2v) is 6.87. The lowest BCUT2D eigenvalue weighted by atomic mass is 9.96. The van der Waals surface area contributed by atoms with Gasteiger partial charge in [0, 0.05) is 29.5 Å². The molecule has 0 aliphatic carbocycles. The van der Waals surface area contributed by atoms with Crippen molar-refractivity contribution in [3.05, 3.63) is 64.9 Å². The molecule has 1 aliphatic heterocycles. The molecule has 5 nitrogen and oxygen atoms in total. The fraction of sp³-hybridized carbons (Fsp3) is 0.300. The number of aromatic nitrogens is 1. The first kappa shape index (κ1) is 18.4. The number of hydrogen-bond acceptors (Lipinski definition) is 4. The first-order valence-electron chi connectivity index (χ1n) is 8.80. The molecule has 0 radical (unpaired) electrons. The summed E-state index contributed by atoms with van der Waals surface area (Å²) in [5.74, 6) is 0.0874. The number of nitrogens with one attached hydrogen (secondary N) is 2. The predicted octanol–water partition coefficient (Wildman–Crippen LogP) is 2.68. The Morgan fingerprint density at radius 3 is 2.38 bits per heavy atom. The number of piperidine rings is 1. The van der Waals surface area contributed by atoms with E-state index in [0.717, 1.165) is 49.3 Å². The Morgan fingerprint density at radius 2 is 1.77 bits per heavy atom. The molecule has 1 fully saturated rings. The van der Waals surface area contributed by atoms with E-state index in [1.165, 1.54) is 0 Å². The van der Waals surface area contributed by atoms with Crippen LogP contribution in [0.25, 0.3) is 11.3 Å². The van der Waals surface area contributed by atoms with Gasteiger partial charge in [-0.3, -0.25) is 9.78 Å². The molecule has 0 spiro atoms. The van der Waals surface area contributed by atoms with Crippen LogP contribution in [0.5, 0.6) is 0 Å². The van der Waals surface area contributed by atoms with E-state index in [4.69, 9.17) is 17.3 Å². The van der Waals surface area contributed by atoms with Crippen LogP contribution in [0.4, 0.5) is 0 Å². The van der Waals surface area contributed by atoms with Crippen molar-refractivity contribution in [3.63, 3.8) is 0 Å². The summed E-state index contributed by atoms with van der Waals surface area (Å²) in [7, 11) is 0. The molecular formula is C20H23ClN4O. The van der Waals surface area contributed by atoms with Crippen molar-refractivity contribution in [2.75, 3.05) is 19.6 Å². The fourth-order valence-electron chi connectivity index (χ4n) is 3.21. The van der Waals surface area contributed by atoms with Gasteiger partial charge in [0.2, 0.25) is 0 Å². The molecular weight excluding hydrogens is 348 g/mol. The van der Waals surface area contributed by atoms with E-state index < -0.39 is 5.91 Å². The Hall–Kier alpha value is -2.37. The normalized spacial score (nSPS) is 16.0. The standard InChI is InChI=1S/C20H23ClN4O/c21-17-3-1-15(2-4-17)18(20(22)26)19(16-7-11-24-12-8-16)25-13-14-5-9-23-10-6-14/h1-4,7-8,11-12,14,23,25H,5-6,9-10,13H2,(H2,22,26). The van der Waals surface area contributed by atoms with Gasteiger partial charge in [-0.15, -0.1) is 0 Å². The molecule has 1 saturated heterocycles. The summed E-state index contributed by atoms with van der Waals surface area (Å²) in [6, 6.07) is 10.9. The molecule has 0 bridgehead atoms. The van der Waals surface area contributed by atoms with Crippen LogP contribution in [-0.4, -0.2) is 30.5 Å². The van der Waals surface area contributed by atoms with Crippen LogP contribution in [-0.2, 0) is 4.79 Å². The van der Waals surface area contributed by atoms with Gasteiger partial charge < -0.3 is 16.4 Å². The molecule has 0 unspecified atom stereocenters. The predicted molar refractivity (Wildman–Crippen MR) is 105 cm³/mol. The maximum atomic E-state index is 12.3. The van der Waals surface area contributed by atoms with Gasteiger partial charge in [-0.25, -0.2) is 0 Å². The largest absolute Gasteiger partial charge is 0.384 e. The summed E-state index contributed by atoms with van der Waals surface area (Å²) < 4.78 is 0. The Bertz CT molecular complexity index is 768. The van der Waals surface area contributed by atoms with Crippen molar-refractivity contribution in [2.24, 2.45) is 11.7 Å². The molecule has 0 atom stereocenters. The van der Waals surface area contributed by atoms with Crippen LogP contribution >= 0.6 is 11.6 Å². The molecule has 2 aromatic rings. The lowest BCUT2D eigenvalue weighted by Gasteiger charge is -2.25. The Labute approximate surface area is 158 Å². The zero-order valence-corrected chi connectivity index (χ0v) is 15.3. The molecule has 1 aliphatic rings. The highest BCUT2D eigenvalue weighted by Gasteiger charge is 2.19. The van der Waals surface area contributed by atoms with Gasteiger partial charge in [0.25, 0.3) is 5.91 Å². The number of rotatable bonds is 6. The Balaban J connectivity index is 1.99. The van der Waals surface area contributed by atoms with Gasteiger partial charge in [0.1, 0.15) is 0 Å². The van der Waals surface area contributed by atoms with Crippen LogP contribution in [0.1, 0.15) is 24.0 Å². The molecule has 1 aromatic heterocycles. The number of pyridine rings is 1. The third kappa shape index (κ3) is 4.62. The summed E-state index contributed by atoms with van der Waals surface area (Å²) in [5.41, 5.74) is 8.58. The van der Waals surface area contributed by atoms with Gasteiger partial charge in [0.05, 0.1) is 11.3 Å². The first-order valence-corrected chi connectivity index (χ1v) is 9.18. The monoisotopic (exact) mass is 370 g/mol. The molecule has 1 amide bonds. The summed E-state index contributed by atoms with van der Waals surface area (Å²) in [6.45, 7) is 2.85. The quantitative estimate of drug-likeness (QED) is 0.683. The molecule has 26 heavy (non-hydrogen) atoms. The summed E-state index contributed by atoms with van der Waals surface area (Å²) in [4.78, 5) is 16.4. The van der Waals surface area contributed by atoms with Crippen molar-refractivity contribution in [1.82, 2.24) is 15.6 Å². The lowest BCUT2D eigenvalue weighted by molar-refractivity contribution is -0.112. The van der Waals surface area contributed by atoms with Crippen LogP contribution in [0, 0.1) is 5.92 Å². The van der Waals surface area contributed by atoms with Gasteiger partial charge in [0.15, 0.2) is 0 Å². The number of carbonyl (C=O) groups is 1. The van der Waals surface area contributed by atoms with Crippen molar-refractivity contribution >= 4 is 28.8 Å². The van der Waals surface area contributed by atoms with Crippen LogP contribution in [0.15, 0.2) is 48.8 Å². The summed E-state index contributed by atoms with van der Waals surface area (Å²) in [6.07, 6.45) is 5.65. The molecule has 0 saturated carbocycles. The molecule has 2 heterocycles. The molecule has 6 heteroatoms. The number of benzene rings is 1. The molecule has 3 rings (SSSR count). The van der Waals surface area contributed by atoms with Crippen LogP contribution in [0.2, 0.25) is 5.02 Å². The second-order valence-electron chi connectivity index (χ2n) is 6.43. The maximum Gasteiger partial charge on any atom is 0.251 e. The topological polar surface area (TPSA) is 80.0 Å². The zero-order valence-electron chi connectivity index (χ0n) is 14.5. The van der Waals surface area contributed by atoms with Crippen LogP contribution < -0.4 is 16.4 Å². The Kier molecular flexibility index (Phi) is 6.26. The second kappa shape index (κ2) is 8.83. The number of nitrogens with two attached hydrogens (primary N) is 1. The minimum Gasteiger partial charge on any atom is -0.384 e. The lowest BCUT2D eigenvalue weighted by Crippen LogP contribution is -2.33. The molecule has 136 valence electrons. The average Bonchev–Trinajstić information content (AvgIpc) is 2.67. The maximum absolute atomic E-state index is 12.3. The van der Waals surface area contributed by atoms with Gasteiger partial charge in [-0.05, 0) is 61.7 Å². The van der Waals surface area contributed by atoms with E-state index in [1.807, 2.05) is 24.3 Å². The highest BCUT2D eigenvalue weighted by molar-refractivity contribution is 6.31. The molecule has 1 aromatic carbocycles. The third-order valence-corrected chi connectivity index (χ3v) is 4.88. The fourth-order valence-corrected chi connectivity index (χ4v) is 3.34. The first-order chi connectivity index (χ1) is 12.6.